The molecule has 0 aliphatic carbocycles. The lowest BCUT2D eigenvalue weighted by Gasteiger charge is -2.18. The molecule has 1 atom stereocenters. The van der Waals surface area contributed by atoms with E-state index in [1.165, 1.54) is 6.07 Å². The second kappa shape index (κ2) is 13.1. The zero-order valence-corrected chi connectivity index (χ0v) is 18.8. The molecule has 6 nitrogen and oxygen atoms in total. The molecule has 2 N–H and O–H groups in total. The third-order valence-corrected chi connectivity index (χ3v) is 3.58. The Balaban J connectivity index is 0.00000392. The molecule has 154 valence electrons. The number of benzene rings is 1. The molecule has 0 fully saturated rings. The highest BCUT2D eigenvalue weighted by atomic mass is 127. The van der Waals surface area contributed by atoms with Crippen molar-refractivity contribution < 1.29 is 13.9 Å². The molecule has 28 heavy (non-hydrogen) atoms. The molecule has 0 bridgehead atoms. The number of aliphatic imine (C=N–C) groups is 1. The molecule has 8 heteroatoms. The van der Waals surface area contributed by atoms with Gasteiger partial charge in [0.15, 0.2) is 17.5 Å². The molecule has 0 amide bonds. The summed E-state index contributed by atoms with van der Waals surface area (Å²) in [5.74, 6) is 1.13. The van der Waals surface area contributed by atoms with Gasteiger partial charge in [-0.3, -0.25) is 0 Å². The largest absolute Gasteiger partial charge is 0.486 e. The van der Waals surface area contributed by atoms with Crippen LogP contribution < -0.4 is 20.1 Å². The molecule has 2 rings (SSSR count). The van der Waals surface area contributed by atoms with Crippen molar-refractivity contribution in [2.75, 3.05) is 19.7 Å². The molecule has 2 aromatic rings. The van der Waals surface area contributed by atoms with Crippen LogP contribution in [0.2, 0.25) is 0 Å². The van der Waals surface area contributed by atoms with Gasteiger partial charge in [-0.05, 0) is 44.5 Å². The molecule has 0 radical (unpaired) electrons. The van der Waals surface area contributed by atoms with Crippen molar-refractivity contribution in [3.8, 4) is 11.6 Å². The van der Waals surface area contributed by atoms with Crippen LogP contribution in [-0.4, -0.2) is 36.7 Å². The highest BCUT2D eigenvalue weighted by Crippen LogP contribution is 2.16. The van der Waals surface area contributed by atoms with Crippen LogP contribution in [0.15, 0.2) is 47.6 Å². The first-order valence-corrected chi connectivity index (χ1v) is 9.13. The fourth-order valence-electron chi connectivity index (χ4n) is 2.33. The van der Waals surface area contributed by atoms with Crippen LogP contribution in [0.4, 0.5) is 4.39 Å². The van der Waals surface area contributed by atoms with Crippen LogP contribution in [0.1, 0.15) is 26.3 Å². The smallest absolute Gasteiger partial charge is 0.213 e. The van der Waals surface area contributed by atoms with E-state index in [4.69, 9.17) is 9.47 Å². The van der Waals surface area contributed by atoms with Crippen molar-refractivity contribution in [1.29, 1.82) is 0 Å². The van der Waals surface area contributed by atoms with E-state index in [1.807, 2.05) is 32.9 Å². The van der Waals surface area contributed by atoms with Crippen molar-refractivity contribution in [1.82, 2.24) is 15.6 Å². The molecule has 1 heterocycles. The zero-order valence-electron chi connectivity index (χ0n) is 16.4. The maximum Gasteiger partial charge on any atom is 0.213 e. The number of guanidine groups is 1. The first kappa shape index (κ1) is 23.9. The van der Waals surface area contributed by atoms with Gasteiger partial charge in [-0.1, -0.05) is 12.1 Å². The van der Waals surface area contributed by atoms with Gasteiger partial charge < -0.3 is 20.1 Å². The van der Waals surface area contributed by atoms with E-state index in [1.54, 1.807) is 24.4 Å². The van der Waals surface area contributed by atoms with Crippen LogP contribution in [0.5, 0.6) is 11.6 Å². The number of hydrogen-bond acceptors (Lipinski definition) is 4. The van der Waals surface area contributed by atoms with E-state index in [9.17, 15) is 4.39 Å². The highest BCUT2D eigenvalue weighted by molar-refractivity contribution is 14.0. The van der Waals surface area contributed by atoms with Crippen LogP contribution in [-0.2, 0) is 6.54 Å². The number of nitrogens with zero attached hydrogens (tertiary/aromatic N) is 2. The summed E-state index contributed by atoms with van der Waals surface area (Å²) in [5, 5.41) is 6.40. The summed E-state index contributed by atoms with van der Waals surface area (Å²) in [4.78, 5) is 8.71. The van der Waals surface area contributed by atoms with Crippen LogP contribution in [0.3, 0.4) is 0 Å². The lowest BCUT2D eigenvalue weighted by atomic mass is 10.3. The predicted octanol–water partition coefficient (Wildman–Crippen LogP) is 3.76. The molecule has 0 saturated heterocycles. The van der Waals surface area contributed by atoms with Crippen molar-refractivity contribution in [3.05, 3.63) is 54.0 Å². The Bertz CT molecular complexity index is 746. The normalized spacial score (nSPS) is 11.9. The topological polar surface area (TPSA) is 67.8 Å². The van der Waals surface area contributed by atoms with Gasteiger partial charge in [-0.2, -0.15) is 0 Å². The van der Waals surface area contributed by atoms with E-state index in [2.05, 4.69) is 20.6 Å². The Kier molecular flexibility index (Phi) is 11.2. The van der Waals surface area contributed by atoms with Gasteiger partial charge in [0.05, 0.1) is 19.7 Å². The first-order chi connectivity index (χ1) is 13.1. The Hall–Kier alpha value is -2.10. The van der Waals surface area contributed by atoms with Crippen LogP contribution >= 0.6 is 24.0 Å². The van der Waals surface area contributed by atoms with Crippen molar-refractivity contribution in [2.45, 2.75) is 33.4 Å². The zero-order chi connectivity index (χ0) is 19.5. The monoisotopic (exact) mass is 502 g/mol. The van der Waals surface area contributed by atoms with E-state index >= 15 is 0 Å². The fourth-order valence-corrected chi connectivity index (χ4v) is 2.33. The lowest BCUT2D eigenvalue weighted by molar-refractivity contribution is 0.214. The van der Waals surface area contributed by atoms with E-state index in [0.29, 0.717) is 31.5 Å². The Labute approximate surface area is 183 Å². The second-order valence-electron chi connectivity index (χ2n) is 5.87. The Morgan fingerprint density at radius 3 is 2.71 bits per heavy atom. The fraction of sp³-hybridized carbons (Fsp3) is 0.400. The molecule has 0 saturated carbocycles. The van der Waals surface area contributed by atoms with Gasteiger partial charge in [0.1, 0.15) is 6.10 Å². The number of rotatable bonds is 9. The van der Waals surface area contributed by atoms with Gasteiger partial charge in [-0.15, -0.1) is 24.0 Å². The van der Waals surface area contributed by atoms with Gasteiger partial charge >= 0.3 is 0 Å². The SMILES string of the molecule is CCNC(=NCc1ccnc(OCC)c1)NCC(C)Oc1ccccc1F.I. The number of hydrogen-bond donors (Lipinski definition) is 2. The summed E-state index contributed by atoms with van der Waals surface area (Å²) >= 11 is 0. The Morgan fingerprint density at radius 2 is 2.00 bits per heavy atom. The molecular formula is C20H28FIN4O2. The number of aromatic nitrogens is 1. The van der Waals surface area contributed by atoms with Gasteiger partial charge in [-0.25, -0.2) is 14.4 Å². The van der Waals surface area contributed by atoms with Crippen LogP contribution in [0, 0.1) is 5.82 Å². The number of ether oxygens (including phenoxy) is 2. The summed E-state index contributed by atoms with van der Waals surface area (Å²) in [6, 6.07) is 10.2. The summed E-state index contributed by atoms with van der Waals surface area (Å²) in [6.45, 7) is 8.07. The van der Waals surface area contributed by atoms with Gasteiger partial charge in [0, 0.05) is 18.8 Å². The first-order valence-electron chi connectivity index (χ1n) is 9.13. The molecule has 0 aliphatic heterocycles. The summed E-state index contributed by atoms with van der Waals surface area (Å²) < 4.78 is 24.7. The third kappa shape index (κ3) is 8.28. The number of halogens is 2. The standard InChI is InChI=1S/C20H27FN4O2.HI/c1-4-22-20(25-14-16-10-11-23-19(12-16)26-5-2)24-13-15(3)27-18-9-7-6-8-17(18)21;/h6-12,15H,4-5,13-14H2,1-3H3,(H2,22,24,25);1H. The minimum absolute atomic E-state index is 0. The average Bonchev–Trinajstić information content (AvgIpc) is 2.66. The van der Waals surface area contributed by atoms with Gasteiger partial charge in [0.2, 0.25) is 5.88 Å². The summed E-state index contributed by atoms with van der Waals surface area (Å²) in [7, 11) is 0. The summed E-state index contributed by atoms with van der Waals surface area (Å²) in [5.41, 5.74) is 1.00. The van der Waals surface area contributed by atoms with Gasteiger partial charge in [0.25, 0.3) is 0 Å². The Morgan fingerprint density at radius 1 is 1.21 bits per heavy atom. The number of para-hydroxylation sites is 1. The second-order valence-corrected chi connectivity index (χ2v) is 5.87. The molecule has 0 spiro atoms. The van der Waals surface area contributed by atoms with Crippen molar-refractivity contribution >= 4 is 29.9 Å². The number of pyridine rings is 1. The van der Waals surface area contributed by atoms with Crippen molar-refractivity contribution in [2.24, 2.45) is 4.99 Å². The van der Waals surface area contributed by atoms with E-state index in [0.717, 1.165) is 12.1 Å². The van der Waals surface area contributed by atoms with Crippen LogP contribution in [0.25, 0.3) is 0 Å². The molecule has 1 aromatic heterocycles. The highest BCUT2D eigenvalue weighted by Gasteiger charge is 2.09. The van der Waals surface area contributed by atoms with E-state index in [-0.39, 0.29) is 41.6 Å². The maximum absolute atomic E-state index is 13.7. The lowest BCUT2D eigenvalue weighted by Crippen LogP contribution is -2.41. The van der Waals surface area contributed by atoms with E-state index < -0.39 is 0 Å². The number of nitrogens with one attached hydrogen (secondary N) is 2. The quantitative estimate of drug-likeness (QED) is 0.311. The third-order valence-electron chi connectivity index (χ3n) is 3.58. The molecule has 1 unspecified atom stereocenters. The predicted molar refractivity (Wildman–Crippen MR) is 120 cm³/mol. The molecule has 0 aliphatic rings. The molecular weight excluding hydrogens is 474 g/mol. The molecule has 1 aromatic carbocycles. The van der Waals surface area contributed by atoms with Crippen molar-refractivity contribution in [3.63, 3.8) is 0 Å². The maximum atomic E-state index is 13.7. The summed E-state index contributed by atoms with van der Waals surface area (Å²) in [6.07, 6.45) is 1.48. The minimum atomic E-state index is -0.368. The minimum Gasteiger partial charge on any atom is -0.486 e. The average molecular weight is 502 g/mol.